The molecule has 21 heavy (non-hydrogen) atoms. The first-order valence-electron chi connectivity index (χ1n) is 6.91. The summed E-state index contributed by atoms with van der Waals surface area (Å²) >= 11 is 9.14. The average molecular weight is 347 g/mol. The molecule has 2 rings (SSSR count). The van der Waals surface area contributed by atoms with Crippen LogP contribution >= 0.6 is 34.7 Å². The highest BCUT2D eigenvalue weighted by molar-refractivity contribution is 7.99. The fourth-order valence-electron chi connectivity index (χ4n) is 2.15. The molecule has 1 N–H and O–H groups in total. The number of nitrogens with one attached hydrogen (secondary N) is 1. The maximum absolute atomic E-state index is 12.3. The van der Waals surface area contributed by atoms with Gasteiger partial charge in [0.15, 0.2) is 0 Å². The van der Waals surface area contributed by atoms with Crippen molar-refractivity contribution >= 4 is 46.5 Å². The monoisotopic (exact) mass is 346 g/mol. The van der Waals surface area contributed by atoms with Gasteiger partial charge in [-0.15, -0.1) is 11.3 Å². The Kier molecular flexibility index (Phi) is 5.96. The summed E-state index contributed by atoms with van der Waals surface area (Å²) in [5.74, 6) is 1.50. The van der Waals surface area contributed by atoms with Gasteiger partial charge >= 0.3 is 0 Å². The van der Waals surface area contributed by atoms with Gasteiger partial charge in [-0.05, 0) is 26.0 Å². The summed E-state index contributed by atoms with van der Waals surface area (Å²) in [7, 11) is 0. The van der Waals surface area contributed by atoms with E-state index in [-0.39, 0.29) is 17.7 Å². The van der Waals surface area contributed by atoms with E-state index in [0.717, 1.165) is 29.5 Å². The van der Waals surface area contributed by atoms with Crippen LogP contribution in [0.3, 0.4) is 0 Å². The van der Waals surface area contributed by atoms with E-state index in [1.807, 2.05) is 29.7 Å². The van der Waals surface area contributed by atoms with Crippen LogP contribution in [0.2, 0.25) is 4.34 Å². The van der Waals surface area contributed by atoms with Gasteiger partial charge in [0.1, 0.15) is 6.04 Å². The summed E-state index contributed by atoms with van der Waals surface area (Å²) < 4.78 is 0.666. The molecule has 1 aromatic heterocycles. The molecule has 7 heteroatoms. The third kappa shape index (κ3) is 4.37. The lowest BCUT2D eigenvalue weighted by molar-refractivity contribution is -0.135. The summed E-state index contributed by atoms with van der Waals surface area (Å²) in [6.45, 7) is 5.10. The minimum atomic E-state index is -0.488. The first-order chi connectivity index (χ1) is 9.99. The number of carbonyl (C=O) groups excluding carboxylic acids is 2. The van der Waals surface area contributed by atoms with Gasteiger partial charge < -0.3 is 10.2 Å². The quantitative estimate of drug-likeness (QED) is 0.911. The van der Waals surface area contributed by atoms with Crippen molar-refractivity contribution in [1.29, 1.82) is 0 Å². The number of rotatable bonds is 4. The van der Waals surface area contributed by atoms with Gasteiger partial charge in [0.2, 0.25) is 11.8 Å². The fourth-order valence-corrected chi connectivity index (χ4v) is 4.16. The molecule has 0 bridgehead atoms. The third-order valence-corrected chi connectivity index (χ3v) is 5.82. The summed E-state index contributed by atoms with van der Waals surface area (Å²) in [4.78, 5) is 27.2. The van der Waals surface area contributed by atoms with Gasteiger partial charge in [0.25, 0.3) is 0 Å². The molecule has 0 saturated carbocycles. The SMILES string of the molecule is C[C@H](NC(=O)[C@@H](C)c1ccc(Cl)s1)C(=O)N1CCSCC1. The Balaban J connectivity index is 1.90. The van der Waals surface area contributed by atoms with E-state index >= 15 is 0 Å². The molecule has 0 unspecified atom stereocenters. The van der Waals surface area contributed by atoms with Crippen LogP contribution in [-0.2, 0) is 9.59 Å². The number of amides is 2. The largest absolute Gasteiger partial charge is 0.344 e. The zero-order chi connectivity index (χ0) is 15.4. The molecule has 1 aromatic rings. The second-order valence-corrected chi connectivity index (χ2v) is 8.00. The summed E-state index contributed by atoms with van der Waals surface area (Å²) in [5.41, 5.74) is 0. The van der Waals surface area contributed by atoms with E-state index in [9.17, 15) is 9.59 Å². The van der Waals surface area contributed by atoms with E-state index < -0.39 is 6.04 Å². The number of hydrogen-bond donors (Lipinski definition) is 1. The van der Waals surface area contributed by atoms with Gasteiger partial charge in [-0.25, -0.2) is 0 Å². The van der Waals surface area contributed by atoms with Crippen LogP contribution in [0.15, 0.2) is 12.1 Å². The van der Waals surface area contributed by atoms with Crippen molar-refractivity contribution in [3.8, 4) is 0 Å². The van der Waals surface area contributed by atoms with Crippen molar-refractivity contribution in [2.24, 2.45) is 0 Å². The van der Waals surface area contributed by atoms with Crippen LogP contribution in [-0.4, -0.2) is 47.4 Å². The molecule has 1 fully saturated rings. The molecular formula is C14H19ClN2O2S2. The number of thioether (sulfide) groups is 1. The van der Waals surface area contributed by atoms with Crippen LogP contribution in [0.25, 0.3) is 0 Å². The Hall–Kier alpha value is -0.720. The Bertz CT molecular complexity index is 515. The van der Waals surface area contributed by atoms with Crippen LogP contribution < -0.4 is 5.32 Å². The molecule has 1 aliphatic heterocycles. The van der Waals surface area contributed by atoms with Crippen molar-refractivity contribution in [3.63, 3.8) is 0 Å². The molecule has 116 valence electrons. The van der Waals surface area contributed by atoms with Crippen molar-refractivity contribution in [3.05, 3.63) is 21.3 Å². The van der Waals surface area contributed by atoms with Crippen molar-refractivity contribution in [1.82, 2.24) is 10.2 Å². The summed E-state index contributed by atoms with van der Waals surface area (Å²) in [5, 5.41) is 2.81. The summed E-state index contributed by atoms with van der Waals surface area (Å²) in [6, 6.07) is 3.15. The van der Waals surface area contributed by atoms with E-state index in [2.05, 4.69) is 5.32 Å². The van der Waals surface area contributed by atoms with E-state index in [0.29, 0.717) is 4.34 Å². The number of halogens is 1. The third-order valence-electron chi connectivity index (χ3n) is 3.47. The zero-order valence-corrected chi connectivity index (χ0v) is 14.5. The molecule has 0 radical (unpaired) electrons. The van der Waals surface area contributed by atoms with Crippen molar-refractivity contribution in [2.45, 2.75) is 25.8 Å². The highest BCUT2D eigenvalue weighted by atomic mass is 35.5. The van der Waals surface area contributed by atoms with E-state index in [1.165, 1.54) is 11.3 Å². The number of hydrogen-bond acceptors (Lipinski definition) is 4. The minimum Gasteiger partial charge on any atom is -0.344 e. The van der Waals surface area contributed by atoms with Crippen molar-refractivity contribution in [2.75, 3.05) is 24.6 Å². The lowest BCUT2D eigenvalue weighted by atomic mass is 10.1. The molecule has 0 spiro atoms. The van der Waals surface area contributed by atoms with Gasteiger partial charge in [0.05, 0.1) is 10.3 Å². The smallest absolute Gasteiger partial charge is 0.244 e. The minimum absolute atomic E-state index is 0.0000574. The van der Waals surface area contributed by atoms with Crippen molar-refractivity contribution < 1.29 is 9.59 Å². The molecule has 0 aromatic carbocycles. The number of carbonyl (C=O) groups is 2. The van der Waals surface area contributed by atoms with Crippen LogP contribution in [0.4, 0.5) is 0 Å². The van der Waals surface area contributed by atoms with Gasteiger partial charge in [-0.2, -0.15) is 11.8 Å². The zero-order valence-electron chi connectivity index (χ0n) is 12.1. The summed E-state index contributed by atoms with van der Waals surface area (Å²) in [6.07, 6.45) is 0. The molecule has 1 saturated heterocycles. The highest BCUT2D eigenvalue weighted by Gasteiger charge is 2.26. The molecule has 1 aliphatic rings. The molecule has 2 heterocycles. The topological polar surface area (TPSA) is 49.4 Å². The van der Waals surface area contributed by atoms with E-state index in [4.69, 9.17) is 11.6 Å². The fraction of sp³-hybridized carbons (Fsp3) is 0.571. The predicted molar refractivity (Wildman–Crippen MR) is 89.3 cm³/mol. The second-order valence-electron chi connectivity index (χ2n) is 5.03. The molecule has 0 aliphatic carbocycles. The molecular weight excluding hydrogens is 328 g/mol. The normalized spacial score (nSPS) is 18.1. The standard InChI is InChI=1S/C14H19ClN2O2S2/c1-9(11-3-4-12(15)21-11)13(18)16-10(2)14(19)17-5-7-20-8-6-17/h3-4,9-10H,5-8H2,1-2H3,(H,16,18)/t9-,10-/m0/s1. The lowest BCUT2D eigenvalue weighted by Gasteiger charge is -2.29. The van der Waals surface area contributed by atoms with Crippen LogP contribution in [0, 0.1) is 0 Å². The maximum atomic E-state index is 12.3. The average Bonchev–Trinajstić information content (AvgIpc) is 2.93. The Morgan fingerprint density at radius 3 is 2.52 bits per heavy atom. The highest BCUT2D eigenvalue weighted by Crippen LogP contribution is 2.28. The van der Waals surface area contributed by atoms with Gasteiger partial charge in [-0.3, -0.25) is 9.59 Å². The maximum Gasteiger partial charge on any atom is 0.244 e. The Morgan fingerprint density at radius 2 is 1.95 bits per heavy atom. The molecule has 2 atom stereocenters. The molecule has 4 nitrogen and oxygen atoms in total. The molecule has 2 amide bonds. The van der Waals surface area contributed by atoms with Gasteiger partial charge in [0, 0.05) is 29.5 Å². The predicted octanol–water partition coefficient (Wildman–Crippen LogP) is 2.59. The van der Waals surface area contributed by atoms with Crippen LogP contribution in [0.5, 0.6) is 0 Å². The Morgan fingerprint density at radius 1 is 1.29 bits per heavy atom. The van der Waals surface area contributed by atoms with E-state index in [1.54, 1.807) is 13.0 Å². The first kappa shape index (κ1) is 16.6. The Labute approximate surface area is 138 Å². The second kappa shape index (κ2) is 7.51. The van der Waals surface area contributed by atoms with Crippen LogP contribution in [0.1, 0.15) is 24.6 Å². The van der Waals surface area contributed by atoms with Gasteiger partial charge in [-0.1, -0.05) is 11.6 Å². The first-order valence-corrected chi connectivity index (χ1v) is 9.26. The number of thiophene rings is 1. The lowest BCUT2D eigenvalue weighted by Crippen LogP contribution is -2.50. The number of nitrogens with zero attached hydrogens (tertiary/aromatic N) is 1.